The molecule has 0 aliphatic carbocycles. The van der Waals surface area contributed by atoms with Crippen LogP contribution >= 0.6 is 23.2 Å². The lowest BCUT2D eigenvalue weighted by molar-refractivity contribution is -0.133. The number of hydrogen-bond donors (Lipinski definition) is 0. The summed E-state index contributed by atoms with van der Waals surface area (Å²) in [5, 5.41) is 9.39. The Morgan fingerprint density at radius 3 is 2.61 bits per heavy atom. The molecule has 1 aliphatic rings. The molecule has 1 aromatic carbocycles. The molecule has 1 atom stereocenters. The molecule has 0 N–H and O–H groups in total. The fraction of sp³-hybridized carbons (Fsp3) is 0.438. The SMILES string of the molecule is CN(CCC#N)C(=O)C1CCCN1C(=O)c1cc(Cl)cc(Cl)c1. The summed E-state index contributed by atoms with van der Waals surface area (Å²) in [6.07, 6.45) is 1.66. The van der Waals surface area contributed by atoms with Crippen molar-refractivity contribution in [1.29, 1.82) is 5.26 Å². The zero-order valence-corrected chi connectivity index (χ0v) is 14.3. The van der Waals surface area contributed by atoms with Crippen LogP contribution in [-0.4, -0.2) is 47.8 Å². The first-order chi connectivity index (χ1) is 10.9. The van der Waals surface area contributed by atoms with E-state index in [0.29, 0.717) is 35.1 Å². The number of nitriles is 1. The number of halogens is 2. The van der Waals surface area contributed by atoms with Gasteiger partial charge in [-0.15, -0.1) is 0 Å². The second kappa shape index (κ2) is 7.67. The third-order valence-corrected chi connectivity index (χ3v) is 4.28. The molecule has 2 amide bonds. The largest absolute Gasteiger partial charge is 0.343 e. The molecule has 23 heavy (non-hydrogen) atoms. The van der Waals surface area contributed by atoms with Crippen molar-refractivity contribution >= 4 is 35.0 Å². The quantitative estimate of drug-likeness (QED) is 0.835. The van der Waals surface area contributed by atoms with E-state index in [2.05, 4.69) is 0 Å². The molecule has 1 saturated heterocycles. The number of carbonyl (C=O) groups is 2. The lowest BCUT2D eigenvalue weighted by Gasteiger charge is -2.27. The van der Waals surface area contributed by atoms with Crippen LogP contribution in [0.15, 0.2) is 18.2 Å². The average molecular weight is 354 g/mol. The van der Waals surface area contributed by atoms with Gasteiger partial charge in [-0.3, -0.25) is 9.59 Å². The van der Waals surface area contributed by atoms with E-state index in [1.807, 2.05) is 6.07 Å². The maximum absolute atomic E-state index is 12.7. The highest BCUT2D eigenvalue weighted by Crippen LogP contribution is 2.25. The summed E-state index contributed by atoms with van der Waals surface area (Å²) < 4.78 is 0. The van der Waals surface area contributed by atoms with Crippen molar-refractivity contribution < 1.29 is 9.59 Å². The lowest BCUT2D eigenvalue weighted by atomic mass is 10.1. The second-order valence-corrected chi connectivity index (χ2v) is 6.36. The fourth-order valence-electron chi connectivity index (χ4n) is 2.69. The summed E-state index contributed by atoms with van der Waals surface area (Å²) in [6.45, 7) is 0.877. The smallest absolute Gasteiger partial charge is 0.254 e. The molecule has 122 valence electrons. The summed E-state index contributed by atoms with van der Waals surface area (Å²) >= 11 is 11.9. The Hall–Kier alpha value is -1.77. The van der Waals surface area contributed by atoms with E-state index < -0.39 is 6.04 Å². The van der Waals surface area contributed by atoms with E-state index in [1.165, 1.54) is 4.90 Å². The second-order valence-electron chi connectivity index (χ2n) is 5.48. The van der Waals surface area contributed by atoms with Crippen molar-refractivity contribution in [3.63, 3.8) is 0 Å². The molecule has 0 saturated carbocycles. The molecule has 5 nitrogen and oxygen atoms in total. The van der Waals surface area contributed by atoms with Gasteiger partial charge in [0.05, 0.1) is 12.5 Å². The molecular weight excluding hydrogens is 337 g/mol. The third kappa shape index (κ3) is 4.15. The zero-order valence-electron chi connectivity index (χ0n) is 12.8. The highest BCUT2D eigenvalue weighted by atomic mass is 35.5. The topological polar surface area (TPSA) is 64.4 Å². The van der Waals surface area contributed by atoms with Gasteiger partial charge in [-0.25, -0.2) is 0 Å². The monoisotopic (exact) mass is 353 g/mol. The molecule has 1 heterocycles. The van der Waals surface area contributed by atoms with E-state index in [1.54, 1.807) is 30.1 Å². The molecule has 1 aliphatic heterocycles. The van der Waals surface area contributed by atoms with Crippen LogP contribution in [0.25, 0.3) is 0 Å². The Balaban J connectivity index is 2.16. The van der Waals surface area contributed by atoms with Crippen molar-refractivity contribution in [2.45, 2.75) is 25.3 Å². The minimum Gasteiger partial charge on any atom is -0.343 e. The first-order valence-electron chi connectivity index (χ1n) is 7.33. The van der Waals surface area contributed by atoms with Crippen LogP contribution < -0.4 is 0 Å². The van der Waals surface area contributed by atoms with Gasteiger partial charge >= 0.3 is 0 Å². The number of benzene rings is 1. The first-order valence-corrected chi connectivity index (χ1v) is 8.08. The average Bonchev–Trinajstić information content (AvgIpc) is 2.99. The molecular formula is C16H17Cl2N3O2. The standard InChI is InChI=1S/C16H17Cl2N3O2/c1-20(6-3-5-19)16(23)14-4-2-7-21(14)15(22)11-8-12(17)10-13(18)9-11/h8-10,14H,2-4,6-7H2,1H3. The molecule has 0 radical (unpaired) electrons. The van der Waals surface area contributed by atoms with Crippen LogP contribution in [0.5, 0.6) is 0 Å². The molecule has 7 heteroatoms. The number of carbonyl (C=O) groups excluding carboxylic acids is 2. The van der Waals surface area contributed by atoms with Crippen LogP contribution in [0.2, 0.25) is 10.0 Å². The van der Waals surface area contributed by atoms with Crippen molar-refractivity contribution in [3.05, 3.63) is 33.8 Å². The van der Waals surface area contributed by atoms with Gasteiger partial charge in [-0.05, 0) is 31.0 Å². The molecule has 1 unspecified atom stereocenters. The van der Waals surface area contributed by atoms with Crippen LogP contribution in [0.3, 0.4) is 0 Å². The summed E-state index contributed by atoms with van der Waals surface area (Å²) in [4.78, 5) is 28.3. The molecule has 0 spiro atoms. The van der Waals surface area contributed by atoms with Crippen LogP contribution in [0, 0.1) is 11.3 Å². The molecule has 2 rings (SSSR count). The van der Waals surface area contributed by atoms with Gasteiger partial charge in [0.1, 0.15) is 6.04 Å². The Kier molecular flexibility index (Phi) is 5.86. The van der Waals surface area contributed by atoms with Crippen molar-refractivity contribution in [2.75, 3.05) is 20.1 Å². The van der Waals surface area contributed by atoms with E-state index in [-0.39, 0.29) is 18.2 Å². The molecule has 0 bridgehead atoms. The predicted molar refractivity (Wildman–Crippen MR) is 88.4 cm³/mol. The Morgan fingerprint density at radius 2 is 2.00 bits per heavy atom. The third-order valence-electron chi connectivity index (χ3n) is 3.84. The first kappa shape index (κ1) is 17.6. The van der Waals surface area contributed by atoms with Gasteiger partial charge in [-0.2, -0.15) is 5.26 Å². The minimum absolute atomic E-state index is 0.140. The zero-order chi connectivity index (χ0) is 17.0. The normalized spacial score (nSPS) is 17.0. The van der Waals surface area contributed by atoms with Gasteiger partial charge in [0.15, 0.2) is 0 Å². The minimum atomic E-state index is -0.496. The van der Waals surface area contributed by atoms with Crippen molar-refractivity contribution in [1.82, 2.24) is 9.80 Å². The Morgan fingerprint density at radius 1 is 1.35 bits per heavy atom. The summed E-state index contributed by atoms with van der Waals surface area (Å²) in [5.41, 5.74) is 0.377. The van der Waals surface area contributed by atoms with Gasteiger partial charge < -0.3 is 9.80 Å². The number of likely N-dealkylation sites (N-methyl/N-ethyl adjacent to an activating group) is 1. The number of hydrogen-bond acceptors (Lipinski definition) is 3. The molecule has 0 aromatic heterocycles. The van der Waals surface area contributed by atoms with E-state index in [4.69, 9.17) is 28.5 Å². The van der Waals surface area contributed by atoms with Gasteiger partial charge in [0, 0.05) is 35.7 Å². The van der Waals surface area contributed by atoms with Crippen molar-refractivity contribution in [3.8, 4) is 6.07 Å². The van der Waals surface area contributed by atoms with Crippen molar-refractivity contribution in [2.24, 2.45) is 0 Å². The Bertz CT molecular complexity index is 637. The predicted octanol–water partition coefficient (Wildman–Crippen LogP) is 2.97. The molecule has 1 fully saturated rings. The maximum Gasteiger partial charge on any atom is 0.254 e. The summed E-state index contributed by atoms with van der Waals surface area (Å²) in [7, 11) is 1.65. The van der Waals surface area contributed by atoms with Crippen LogP contribution in [-0.2, 0) is 4.79 Å². The van der Waals surface area contributed by atoms with Gasteiger partial charge in [0.2, 0.25) is 5.91 Å². The van der Waals surface area contributed by atoms with Gasteiger partial charge in [-0.1, -0.05) is 23.2 Å². The number of rotatable bonds is 4. The highest BCUT2D eigenvalue weighted by molar-refractivity contribution is 6.35. The van der Waals surface area contributed by atoms with E-state index in [9.17, 15) is 9.59 Å². The lowest BCUT2D eigenvalue weighted by Crippen LogP contribution is -2.46. The highest BCUT2D eigenvalue weighted by Gasteiger charge is 2.36. The van der Waals surface area contributed by atoms with Gasteiger partial charge in [0.25, 0.3) is 5.91 Å². The number of amides is 2. The molecule has 1 aromatic rings. The number of likely N-dealkylation sites (tertiary alicyclic amines) is 1. The van der Waals surface area contributed by atoms with E-state index in [0.717, 1.165) is 6.42 Å². The summed E-state index contributed by atoms with van der Waals surface area (Å²) in [5.74, 6) is -0.391. The van der Waals surface area contributed by atoms with Crippen LogP contribution in [0.1, 0.15) is 29.6 Å². The Labute approximate surface area is 145 Å². The maximum atomic E-state index is 12.7. The number of nitrogens with zero attached hydrogens (tertiary/aromatic N) is 3. The summed E-state index contributed by atoms with van der Waals surface area (Å²) in [6, 6.07) is 6.18. The fourth-order valence-corrected chi connectivity index (χ4v) is 3.22. The van der Waals surface area contributed by atoms with Crippen LogP contribution in [0.4, 0.5) is 0 Å². The van der Waals surface area contributed by atoms with E-state index >= 15 is 0 Å².